The third-order valence-electron chi connectivity index (χ3n) is 2.83. The average Bonchev–Trinajstić information content (AvgIpc) is 2.46. The molecule has 0 aliphatic heterocycles. The summed E-state index contributed by atoms with van der Waals surface area (Å²) in [5, 5.41) is 2.63. The molecule has 5 nitrogen and oxygen atoms in total. The molecule has 0 aliphatic rings. The fraction of sp³-hybridized carbons (Fsp3) is 0.438. The molecule has 0 heterocycles. The molecule has 0 bridgehead atoms. The van der Waals surface area contributed by atoms with Crippen LogP contribution in [0.1, 0.15) is 38.2 Å². The summed E-state index contributed by atoms with van der Waals surface area (Å²) in [6.07, 6.45) is 1.40. The van der Waals surface area contributed by atoms with Gasteiger partial charge >= 0.3 is 5.97 Å². The van der Waals surface area contributed by atoms with Crippen molar-refractivity contribution < 1.29 is 19.1 Å². The number of hydrogen-bond donors (Lipinski definition) is 1. The zero-order valence-electron chi connectivity index (χ0n) is 12.3. The molecule has 0 spiro atoms. The van der Waals surface area contributed by atoms with Crippen LogP contribution in [-0.4, -0.2) is 24.2 Å². The van der Waals surface area contributed by atoms with Crippen molar-refractivity contribution in [1.82, 2.24) is 5.32 Å². The lowest BCUT2D eigenvalue weighted by Crippen LogP contribution is -2.26. The summed E-state index contributed by atoms with van der Waals surface area (Å²) in [4.78, 5) is 33.6. The van der Waals surface area contributed by atoms with Crippen LogP contribution in [0.25, 0.3) is 0 Å². The number of hydrogen-bond acceptors (Lipinski definition) is 4. The van der Waals surface area contributed by atoms with E-state index in [1.807, 2.05) is 30.3 Å². The predicted octanol–water partition coefficient (Wildman–Crippen LogP) is 2.00. The minimum atomic E-state index is -0.345. The molecular weight excluding hydrogens is 270 g/mol. The van der Waals surface area contributed by atoms with E-state index in [0.717, 1.165) is 5.56 Å². The Kier molecular flexibility index (Phi) is 7.79. The van der Waals surface area contributed by atoms with E-state index in [2.05, 4.69) is 5.32 Å². The summed E-state index contributed by atoms with van der Waals surface area (Å²) < 4.78 is 5.09. The third-order valence-corrected chi connectivity index (χ3v) is 2.83. The lowest BCUT2D eigenvalue weighted by Gasteiger charge is -2.06. The van der Waals surface area contributed by atoms with E-state index in [4.69, 9.17) is 4.74 Å². The minimum absolute atomic E-state index is 0.0762. The number of benzene rings is 1. The first-order chi connectivity index (χ1) is 10.1. The van der Waals surface area contributed by atoms with Gasteiger partial charge in [-0.25, -0.2) is 0 Å². The van der Waals surface area contributed by atoms with Gasteiger partial charge in [0.25, 0.3) is 0 Å². The van der Waals surface area contributed by atoms with Crippen LogP contribution in [0, 0.1) is 0 Å². The Morgan fingerprint density at radius 3 is 2.43 bits per heavy atom. The number of ketones is 1. The normalized spacial score (nSPS) is 9.95. The Morgan fingerprint density at radius 1 is 1.05 bits per heavy atom. The van der Waals surface area contributed by atoms with Crippen LogP contribution in [0.3, 0.4) is 0 Å². The second kappa shape index (κ2) is 9.69. The highest BCUT2D eigenvalue weighted by atomic mass is 16.5. The number of amides is 1. The molecule has 21 heavy (non-hydrogen) atoms. The van der Waals surface area contributed by atoms with Crippen LogP contribution in [0.2, 0.25) is 0 Å². The van der Waals surface area contributed by atoms with Crippen molar-refractivity contribution in [1.29, 1.82) is 0 Å². The predicted molar refractivity (Wildman–Crippen MR) is 78.4 cm³/mol. The highest BCUT2D eigenvalue weighted by Crippen LogP contribution is 2.01. The van der Waals surface area contributed by atoms with Gasteiger partial charge in [-0.3, -0.25) is 9.59 Å². The van der Waals surface area contributed by atoms with Gasteiger partial charge in [0.05, 0.1) is 6.42 Å². The van der Waals surface area contributed by atoms with Gasteiger partial charge in [-0.2, -0.15) is 0 Å². The average molecular weight is 291 g/mol. The molecule has 0 aromatic heterocycles. The standard InChI is InChI=1S/C16H21NO4/c1-13(18)6-5-9-15(19)17-11-10-16(20)21-12-14-7-3-2-4-8-14/h2-4,7-8H,5-6,9-12H2,1H3,(H,17,19). The van der Waals surface area contributed by atoms with E-state index in [1.165, 1.54) is 6.92 Å². The zero-order chi connectivity index (χ0) is 15.5. The lowest BCUT2D eigenvalue weighted by atomic mass is 10.2. The zero-order valence-corrected chi connectivity index (χ0v) is 12.3. The van der Waals surface area contributed by atoms with Crippen molar-refractivity contribution in [3.05, 3.63) is 35.9 Å². The Balaban J connectivity index is 2.07. The molecule has 0 saturated heterocycles. The Hall–Kier alpha value is -2.17. The number of Topliss-reactive ketones (excluding diaryl/α,β-unsaturated/α-hetero) is 1. The number of nitrogens with one attached hydrogen (secondary N) is 1. The lowest BCUT2D eigenvalue weighted by molar-refractivity contribution is -0.144. The summed E-state index contributed by atoms with van der Waals surface area (Å²) in [5.41, 5.74) is 0.930. The van der Waals surface area contributed by atoms with Crippen LogP contribution in [-0.2, 0) is 25.7 Å². The number of carbonyl (C=O) groups excluding carboxylic acids is 3. The van der Waals surface area contributed by atoms with E-state index in [9.17, 15) is 14.4 Å². The summed E-state index contributed by atoms with van der Waals surface area (Å²) in [7, 11) is 0. The molecule has 0 aliphatic carbocycles. The van der Waals surface area contributed by atoms with Crippen molar-refractivity contribution in [3.8, 4) is 0 Å². The van der Waals surface area contributed by atoms with Crippen LogP contribution in [0.4, 0.5) is 0 Å². The van der Waals surface area contributed by atoms with Crippen molar-refractivity contribution >= 4 is 17.7 Å². The second-order valence-electron chi connectivity index (χ2n) is 4.80. The van der Waals surface area contributed by atoms with Crippen LogP contribution in [0.5, 0.6) is 0 Å². The Morgan fingerprint density at radius 2 is 1.76 bits per heavy atom. The molecule has 1 N–H and O–H groups in total. The maximum Gasteiger partial charge on any atom is 0.307 e. The fourth-order valence-electron chi connectivity index (χ4n) is 1.70. The van der Waals surface area contributed by atoms with E-state index in [1.54, 1.807) is 0 Å². The number of rotatable bonds is 9. The topological polar surface area (TPSA) is 72.5 Å². The third kappa shape index (κ3) is 8.57. The minimum Gasteiger partial charge on any atom is -0.461 e. The molecule has 0 unspecified atom stereocenters. The Bertz CT molecular complexity index is 470. The fourth-order valence-corrected chi connectivity index (χ4v) is 1.70. The van der Waals surface area contributed by atoms with Crippen molar-refractivity contribution in [2.24, 2.45) is 0 Å². The van der Waals surface area contributed by atoms with E-state index >= 15 is 0 Å². The number of carbonyl (C=O) groups is 3. The maximum atomic E-state index is 11.5. The molecule has 0 radical (unpaired) electrons. The van der Waals surface area contributed by atoms with Crippen molar-refractivity contribution in [3.63, 3.8) is 0 Å². The van der Waals surface area contributed by atoms with Gasteiger partial charge in [-0.05, 0) is 18.9 Å². The monoisotopic (exact) mass is 291 g/mol. The van der Waals surface area contributed by atoms with Crippen molar-refractivity contribution in [2.75, 3.05) is 6.54 Å². The second-order valence-corrected chi connectivity index (χ2v) is 4.80. The Labute approximate surface area is 124 Å². The maximum absolute atomic E-state index is 11.5. The highest BCUT2D eigenvalue weighted by molar-refractivity contribution is 5.79. The molecule has 1 rings (SSSR count). The molecule has 1 aromatic carbocycles. The molecule has 0 saturated carbocycles. The molecule has 1 amide bonds. The van der Waals surface area contributed by atoms with Gasteiger partial charge in [-0.15, -0.1) is 0 Å². The molecule has 0 fully saturated rings. The molecule has 114 valence electrons. The van der Waals surface area contributed by atoms with Gasteiger partial charge in [0.15, 0.2) is 0 Å². The molecule has 0 atom stereocenters. The van der Waals surface area contributed by atoms with E-state index in [-0.39, 0.29) is 37.2 Å². The largest absolute Gasteiger partial charge is 0.461 e. The van der Waals surface area contributed by atoms with Gasteiger partial charge in [0.2, 0.25) is 5.91 Å². The summed E-state index contributed by atoms with van der Waals surface area (Å²) >= 11 is 0. The number of ether oxygens (including phenoxy) is 1. The molecule has 1 aromatic rings. The van der Waals surface area contributed by atoms with Crippen molar-refractivity contribution in [2.45, 2.75) is 39.2 Å². The van der Waals surface area contributed by atoms with Gasteiger partial charge in [0.1, 0.15) is 12.4 Å². The van der Waals surface area contributed by atoms with E-state index < -0.39 is 0 Å². The van der Waals surface area contributed by atoms with Crippen LogP contribution >= 0.6 is 0 Å². The summed E-state index contributed by atoms with van der Waals surface area (Å²) in [5.74, 6) is -0.415. The highest BCUT2D eigenvalue weighted by Gasteiger charge is 2.06. The first kappa shape index (κ1) is 16.9. The van der Waals surface area contributed by atoms with Gasteiger partial charge in [0, 0.05) is 19.4 Å². The van der Waals surface area contributed by atoms with E-state index in [0.29, 0.717) is 19.3 Å². The van der Waals surface area contributed by atoms with Crippen LogP contribution < -0.4 is 5.32 Å². The smallest absolute Gasteiger partial charge is 0.307 e. The van der Waals surface area contributed by atoms with Gasteiger partial charge in [-0.1, -0.05) is 30.3 Å². The SMILES string of the molecule is CC(=O)CCCC(=O)NCCC(=O)OCc1ccccc1. The number of esters is 1. The van der Waals surface area contributed by atoms with Crippen LogP contribution in [0.15, 0.2) is 30.3 Å². The summed E-state index contributed by atoms with van der Waals surface area (Å²) in [6.45, 7) is 2.00. The quantitative estimate of drug-likeness (QED) is 0.706. The molecular formula is C16H21NO4. The molecule has 5 heteroatoms. The summed E-state index contributed by atoms with van der Waals surface area (Å²) in [6, 6.07) is 9.41. The first-order valence-corrected chi connectivity index (χ1v) is 7.03. The van der Waals surface area contributed by atoms with Gasteiger partial charge < -0.3 is 14.8 Å². The first-order valence-electron chi connectivity index (χ1n) is 7.03.